The molecule has 1 aromatic rings. The first kappa shape index (κ1) is 10.0. The summed E-state index contributed by atoms with van der Waals surface area (Å²) in [5, 5.41) is 9.69. The highest BCUT2D eigenvalue weighted by molar-refractivity contribution is 7.15. The lowest BCUT2D eigenvalue weighted by molar-refractivity contribution is 0.251. The number of carbonyl (C=O) groups is 1. The average molecular weight is 238 g/mol. The van der Waals surface area contributed by atoms with Crippen molar-refractivity contribution in [3.8, 4) is 0 Å². The van der Waals surface area contributed by atoms with Gasteiger partial charge in [0, 0.05) is 30.4 Å². The molecule has 3 N–H and O–H groups in total. The second-order valence-corrected chi connectivity index (χ2v) is 5.27. The highest BCUT2D eigenvalue weighted by Crippen LogP contribution is 2.25. The Kier molecular flexibility index (Phi) is 2.53. The monoisotopic (exact) mass is 238 g/mol. The van der Waals surface area contributed by atoms with Crippen molar-refractivity contribution < 1.29 is 4.79 Å². The largest absolute Gasteiger partial charge is 0.335 e. The van der Waals surface area contributed by atoms with Gasteiger partial charge < -0.3 is 10.6 Å². The summed E-state index contributed by atoms with van der Waals surface area (Å²) < 4.78 is 0. The van der Waals surface area contributed by atoms with Crippen molar-refractivity contribution in [3.63, 3.8) is 0 Å². The molecule has 2 heterocycles. The van der Waals surface area contributed by atoms with Crippen LogP contribution in [0.5, 0.6) is 0 Å². The summed E-state index contributed by atoms with van der Waals surface area (Å²) in [6.45, 7) is 1.85. The Morgan fingerprint density at radius 2 is 2.38 bits per heavy atom. The van der Waals surface area contributed by atoms with Crippen LogP contribution in [0.1, 0.15) is 23.4 Å². The summed E-state index contributed by atoms with van der Waals surface area (Å²) in [4.78, 5) is 17.2. The quantitative estimate of drug-likeness (QED) is 0.722. The topological polar surface area (TPSA) is 66.0 Å². The first-order valence-corrected chi connectivity index (χ1v) is 6.40. The standard InChI is InChI=1S/C10H14N4OS/c15-9(12-6-1-2-6)14-10-13-7-3-4-11-5-8(7)16-10/h6,11H,1-5H2,(H2,12,13,14,15). The van der Waals surface area contributed by atoms with Crippen LogP contribution in [0.2, 0.25) is 0 Å². The van der Waals surface area contributed by atoms with E-state index in [1.54, 1.807) is 11.3 Å². The fourth-order valence-electron chi connectivity index (χ4n) is 1.73. The summed E-state index contributed by atoms with van der Waals surface area (Å²) in [5.41, 5.74) is 1.13. The van der Waals surface area contributed by atoms with E-state index in [9.17, 15) is 4.79 Å². The van der Waals surface area contributed by atoms with Gasteiger partial charge in [0.25, 0.3) is 0 Å². The van der Waals surface area contributed by atoms with E-state index in [1.165, 1.54) is 4.88 Å². The lowest BCUT2D eigenvalue weighted by atomic mass is 10.2. The fourth-order valence-corrected chi connectivity index (χ4v) is 2.70. The van der Waals surface area contributed by atoms with Crippen LogP contribution in [0.4, 0.5) is 9.93 Å². The number of hydrogen-bond acceptors (Lipinski definition) is 4. The van der Waals surface area contributed by atoms with E-state index >= 15 is 0 Å². The second-order valence-electron chi connectivity index (χ2n) is 4.19. The summed E-state index contributed by atoms with van der Waals surface area (Å²) in [7, 11) is 0. The zero-order chi connectivity index (χ0) is 11.0. The predicted octanol–water partition coefficient (Wildman–Crippen LogP) is 1.07. The molecule has 6 heteroatoms. The van der Waals surface area contributed by atoms with Crippen LogP contribution in [-0.4, -0.2) is 23.6 Å². The smallest absolute Gasteiger partial charge is 0.321 e. The Morgan fingerprint density at radius 3 is 3.12 bits per heavy atom. The van der Waals surface area contributed by atoms with Gasteiger partial charge in [-0.2, -0.15) is 0 Å². The summed E-state index contributed by atoms with van der Waals surface area (Å²) >= 11 is 1.57. The normalized spacial score (nSPS) is 19.0. The zero-order valence-corrected chi connectivity index (χ0v) is 9.69. The van der Waals surface area contributed by atoms with Crippen LogP contribution >= 0.6 is 11.3 Å². The van der Waals surface area contributed by atoms with Gasteiger partial charge in [-0.25, -0.2) is 9.78 Å². The van der Waals surface area contributed by atoms with Crippen LogP contribution < -0.4 is 16.0 Å². The van der Waals surface area contributed by atoms with E-state index in [0.29, 0.717) is 11.2 Å². The van der Waals surface area contributed by atoms with Gasteiger partial charge in [0.15, 0.2) is 5.13 Å². The zero-order valence-electron chi connectivity index (χ0n) is 8.88. The lowest BCUT2D eigenvalue weighted by Crippen LogP contribution is -2.30. The van der Waals surface area contributed by atoms with E-state index in [2.05, 4.69) is 20.9 Å². The maximum atomic E-state index is 11.5. The Balaban J connectivity index is 1.64. The number of nitrogens with one attached hydrogen (secondary N) is 3. The molecule has 0 atom stereocenters. The van der Waals surface area contributed by atoms with Crippen LogP contribution in [-0.2, 0) is 13.0 Å². The maximum absolute atomic E-state index is 11.5. The molecule has 1 aliphatic carbocycles. The van der Waals surface area contributed by atoms with Crippen LogP contribution in [0.15, 0.2) is 0 Å². The van der Waals surface area contributed by atoms with Gasteiger partial charge in [-0.1, -0.05) is 0 Å². The number of nitrogens with zero attached hydrogens (tertiary/aromatic N) is 1. The molecule has 1 saturated carbocycles. The number of anilines is 1. The number of hydrogen-bond donors (Lipinski definition) is 3. The van der Waals surface area contributed by atoms with Crippen molar-refractivity contribution in [1.82, 2.24) is 15.6 Å². The molecule has 1 aliphatic heterocycles. The van der Waals surface area contributed by atoms with Crippen LogP contribution in [0.25, 0.3) is 0 Å². The Bertz CT molecular complexity index is 389. The van der Waals surface area contributed by atoms with Gasteiger partial charge in [-0.15, -0.1) is 11.3 Å². The predicted molar refractivity (Wildman–Crippen MR) is 62.7 cm³/mol. The third-order valence-electron chi connectivity index (χ3n) is 2.74. The van der Waals surface area contributed by atoms with Gasteiger partial charge in [0.1, 0.15) is 0 Å². The van der Waals surface area contributed by atoms with Crippen molar-refractivity contribution in [2.75, 3.05) is 11.9 Å². The fraction of sp³-hybridized carbons (Fsp3) is 0.600. The SMILES string of the molecule is O=C(Nc1nc2c(s1)CNCC2)NC1CC1. The number of carbonyl (C=O) groups excluding carboxylic acids is 1. The molecule has 2 amide bonds. The van der Waals surface area contributed by atoms with Crippen LogP contribution in [0, 0.1) is 0 Å². The molecule has 5 nitrogen and oxygen atoms in total. The minimum absolute atomic E-state index is 0.124. The lowest BCUT2D eigenvalue weighted by Gasteiger charge is -2.09. The number of thiazole rings is 1. The van der Waals surface area contributed by atoms with E-state index < -0.39 is 0 Å². The molecule has 86 valence electrons. The molecule has 0 radical (unpaired) electrons. The number of urea groups is 1. The van der Waals surface area contributed by atoms with Crippen molar-refractivity contribution in [3.05, 3.63) is 10.6 Å². The number of fused-ring (bicyclic) bond motifs is 1. The van der Waals surface area contributed by atoms with Crippen molar-refractivity contribution in [2.45, 2.75) is 31.8 Å². The van der Waals surface area contributed by atoms with E-state index in [4.69, 9.17) is 0 Å². The summed E-state index contributed by atoms with van der Waals surface area (Å²) in [6, 6.07) is 0.262. The maximum Gasteiger partial charge on any atom is 0.321 e. The molecular formula is C10H14N4OS. The minimum atomic E-state index is -0.124. The van der Waals surface area contributed by atoms with Gasteiger partial charge >= 0.3 is 6.03 Å². The first-order chi connectivity index (χ1) is 7.81. The Morgan fingerprint density at radius 1 is 1.50 bits per heavy atom. The van der Waals surface area contributed by atoms with E-state index in [0.717, 1.165) is 38.0 Å². The molecular weight excluding hydrogens is 224 g/mol. The van der Waals surface area contributed by atoms with Gasteiger partial charge in [0.2, 0.25) is 0 Å². The molecule has 0 spiro atoms. The summed E-state index contributed by atoms with van der Waals surface area (Å²) in [6.07, 6.45) is 3.16. The molecule has 2 aliphatic rings. The van der Waals surface area contributed by atoms with E-state index in [1.807, 2.05) is 0 Å². The number of amides is 2. The number of rotatable bonds is 2. The molecule has 0 bridgehead atoms. The summed E-state index contributed by atoms with van der Waals surface area (Å²) in [5.74, 6) is 0. The highest BCUT2D eigenvalue weighted by atomic mass is 32.1. The molecule has 3 rings (SSSR count). The van der Waals surface area contributed by atoms with Crippen molar-refractivity contribution in [2.24, 2.45) is 0 Å². The molecule has 0 saturated heterocycles. The highest BCUT2D eigenvalue weighted by Gasteiger charge is 2.24. The molecule has 1 aromatic heterocycles. The van der Waals surface area contributed by atoms with Gasteiger partial charge in [-0.05, 0) is 12.8 Å². The second kappa shape index (κ2) is 4.03. The molecule has 16 heavy (non-hydrogen) atoms. The third kappa shape index (κ3) is 2.17. The van der Waals surface area contributed by atoms with E-state index in [-0.39, 0.29) is 6.03 Å². The number of aromatic nitrogens is 1. The first-order valence-electron chi connectivity index (χ1n) is 5.58. The Labute approximate surface area is 97.6 Å². The molecule has 0 aromatic carbocycles. The molecule has 1 fully saturated rings. The third-order valence-corrected chi connectivity index (χ3v) is 3.75. The van der Waals surface area contributed by atoms with Crippen molar-refractivity contribution >= 4 is 22.5 Å². The van der Waals surface area contributed by atoms with Gasteiger partial charge in [0.05, 0.1) is 5.69 Å². The minimum Gasteiger partial charge on any atom is -0.335 e. The average Bonchev–Trinajstić information content (AvgIpc) is 2.97. The van der Waals surface area contributed by atoms with Gasteiger partial charge in [-0.3, -0.25) is 5.32 Å². The Hall–Kier alpha value is -1.14. The van der Waals surface area contributed by atoms with Crippen molar-refractivity contribution in [1.29, 1.82) is 0 Å². The molecule has 0 unspecified atom stereocenters. The van der Waals surface area contributed by atoms with Crippen LogP contribution in [0.3, 0.4) is 0 Å².